The number of nitrogens with two attached hydrogens (primary N) is 1. The Hall–Kier alpha value is -2.31. The summed E-state index contributed by atoms with van der Waals surface area (Å²) < 4.78 is 0. The van der Waals surface area contributed by atoms with E-state index in [2.05, 4.69) is 35.2 Å². The van der Waals surface area contributed by atoms with E-state index >= 15 is 0 Å². The fourth-order valence-electron chi connectivity index (χ4n) is 2.14. The molecular weight excluding hydrogens is 246 g/mol. The lowest BCUT2D eigenvalue weighted by Crippen LogP contribution is -2.16. The Morgan fingerprint density at radius 3 is 2.50 bits per heavy atom. The third-order valence-electron chi connectivity index (χ3n) is 3.34. The number of hydrogen-bond donors (Lipinski definition) is 1. The Morgan fingerprint density at radius 1 is 1.20 bits per heavy atom. The van der Waals surface area contributed by atoms with Gasteiger partial charge in [0.05, 0.1) is 11.6 Å². The van der Waals surface area contributed by atoms with Gasteiger partial charge in [-0.2, -0.15) is 5.26 Å². The van der Waals surface area contributed by atoms with Crippen LogP contribution in [0, 0.1) is 11.3 Å². The summed E-state index contributed by atoms with van der Waals surface area (Å²) in [6.07, 6.45) is 0. The molecule has 20 heavy (non-hydrogen) atoms. The molecule has 3 heteroatoms. The van der Waals surface area contributed by atoms with Gasteiger partial charge in [0, 0.05) is 25.3 Å². The van der Waals surface area contributed by atoms with Crippen LogP contribution in [0.3, 0.4) is 0 Å². The van der Waals surface area contributed by atoms with Gasteiger partial charge >= 0.3 is 0 Å². The number of benzene rings is 2. The van der Waals surface area contributed by atoms with E-state index in [-0.39, 0.29) is 6.04 Å². The van der Waals surface area contributed by atoms with Crippen LogP contribution >= 0.6 is 0 Å². The molecule has 0 amide bonds. The molecule has 2 N–H and O–H groups in total. The van der Waals surface area contributed by atoms with Gasteiger partial charge in [-0.3, -0.25) is 0 Å². The smallest absolute Gasteiger partial charge is 0.0991 e. The van der Waals surface area contributed by atoms with Crippen LogP contribution in [-0.2, 0) is 6.54 Å². The molecule has 0 saturated heterocycles. The zero-order chi connectivity index (χ0) is 14.5. The van der Waals surface area contributed by atoms with Crippen LogP contribution in [0.15, 0.2) is 48.5 Å². The Balaban J connectivity index is 2.11. The van der Waals surface area contributed by atoms with Crippen molar-refractivity contribution in [1.29, 1.82) is 5.26 Å². The van der Waals surface area contributed by atoms with Gasteiger partial charge in [0.2, 0.25) is 0 Å². The number of anilines is 1. The number of nitriles is 1. The molecule has 102 valence electrons. The highest BCUT2D eigenvalue weighted by Crippen LogP contribution is 2.19. The minimum atomic E-state index is 0.0571. The molecule has 1 atom stereocenters. The fraction of sp³-hybridized carbons (Fsp3) is 0.235. The molecule has 2 aromatic rings. The monoisotopic (exact) mass is 265 g/mol. The van der Waals surface area contributed by atoms with E-state index < -0.39 is 0 Å². The molecule has 0 bridgehead atoms. The SMILES string of the molecule is C[C@@H](N)c1ccc(N(C)Cc2cccc(C#N)c2)cc1. The largest absolute Gasteiger partial charge is 0.370 e. The molecule has 2 rings (SSSR count). The van der Waals surface area contributed by atoms with Gasteiger partial charge in [-0.1, -0.05) is 24.3 Å². The molecule has 0 aliphatic heterocycles. The van der Waals surface area contributed by atoms with Crippen molar-refractivity contribution in [2.24, 2.45) is 5.73 Å². The standard InChI is InChI=1S/C17H19N3/c1-13(19)16-6-8-17(9-7-16)20(2)12-15-5-3-4-14(10-15)11-18/h3-10,13H,12,19H2,1-2H3/t13-/m1/s1. The third kappa shape index (κ3) is 3.37. The summed E-state index contributed by atoms with van der Waals surface area (Å²) in [5.41, 5.74) is 9.95. The van der Waals surface area contributed by atoms with Crippen molar-refractivity contribution in [3.8, 4) is 6.07 Å². The molecule has 0 heterocycles. The Morgan fingerprint density at radius 2 is 1.90 bits per heavy atom. The molecule has 0 saturated carbocycles. The molecule has 0 aliphatic rings. The van der Waals surface area contributed by atoms with Gasteiger partial charge < -0.3 is 10.6 Å². The van der Waals surface area contributed by atoms with Gasteiger partial charge in [0.1, 0.15) is 0 Å². The van der Waals surface area contributed by atoms with E-state index in [4.69, 9.17) is 11.0 Å². The molecule has 2 aromatic carbocycles. The topological polar surface area (TPSA) is 53.0 Å². The highest BCUT2D eigenvalue weighted by Gasteiger charge is 2.04. The van der Waals surface area contributed by atoms with Crippen molar-refractivity contribution in [2.75, 3.05) is 11.9 Å². The van der Waals surface area contributed by atoms with E-state index in [1.807, 2.05) is 38.2 Å². The second-order valence-corrected chi connectivity index (χ2v) is 5.05. The molecular formula is C17H19N3. The molecule has 0 aromatic heterocycles. The summed E-state index contributed by atoms with van der Waals surface area (Å²) >= 11 is 0. The van der Waals surface area contributed by atoms with Crippen LogP contribution < -0.4 is 10.6 Å². The zero-order valence-corrected chi connectivity index (χ0v) is 11.9. The van der Waals surface area contributed by atoms with Crippen LogP contribution in [0.25, 0.3) is 0 Å². The molecule has 0 spiro atoms. The lowest BCUT2D eigenvalue weighted by Gasteiger charge is -2.20. The van der Waals surface area contributed by atoms with Crippen molar-refractivity contribution in [3.63, 3.8) is 0 Å². The average molecular weight is 265 g/mol. The average Bonchev–Trinajstić information content (AvgIpc) is 2.47. The minimum absolute atomic E-state index is 0.0571. The quantitative estimate of drug-likeness (QED) is 0.923. The fourth-order valence-corrected chi connectivity index (χ4v) is 2.14. The van der Waals surface area contributed by atoms with E-state index in [1.165, 1.54) is 0 Å². The normalized spacial score (nSPS) is 11.7. The van der Waals surface area contributed by atoms with E-state index in [9.17, 15) is 0 Å². The van der Waals surface area contributed by atoms with Gasteiger partial charge in [-0.25, -0.2) is 0 Å². The summed E-state index contributed by atoms with van der Waals surface area (Å²) in [4.78, 5) is 2.15. The predicted octanol–water partition coefficient (Wildman–Crippen LogP) is 3.21. The van der Waals surface area contributed by atoms with Gasteiger partial charge in [0.25, 0.3) is 0 Å². The lowest BCUT2D eigenvalue weighted by atomic mass is 10.1. The molecule has 0 unspecified atom stereocenters. The Kier molecular flexibility index (Phi) is 4.39. The van der Waals surface area contributed by atoms with Crippen molar-refractivity contribution >= 4 is 5.69 Å². The van der Waals surface area contributed by atoms with E-state index in [0.717, 1.165) is 23.4 Å². The number of hydrogen-bond acceptors (Lipinski definition) is 3. The zero-order valence-electron chi connectivity index (χ0n) is 11.9. The van der Waals surface area contributed by atoms with Crippen LogP contribution in [0.2, 0.25) is 0 Å². The first-order chi connectivity index (χ1) is 9.60. The minimum Gasteiger partial charge on any atom is -0.370 e. The second kappa shape index (κ2) is 6.23. The molecule has 0 fully saturated rings. The van der Waals surface area contributed by atoms with Gasteiger partial charge in [-0.15, -0.1) is 0 Å². The van der Waals surface area contributed by atoms with Crippen molar-refractivity contribution in [1.82, 2.24) is 0 Å². The predicted molar refractivity (Wildman–Crippen MR) is 82.3 cm³/mol. The summed E-state index contributed by atoms with van der Waals surface area (Å²) in [6.45, 7) is 2.75. The maximum Gasteiger partial charge on any atom is 0.0991 e. The van der Waals surface area contributed by atoms with E-state index in [0.29, 0.717) is 5.56 Å². The lowest BCUT2D eigenvalue weighted by molar-refractivity contribution is 0.817. The summed E-state index contributed by atoms with van der Waals surface area (Å²) in [5, 5.41) is 8.92. The highest BCUT2D eigenvalue weighted by atomic mass is 15.1. The maximum absolute atomic E-state index is 8.92. The van der Waals surface area contributed by atoms with Crippen molar-refractivity contribution in [3.05, 3.63) is 65.2 Å². The molecule has 3 nitrogen and oxygen atoms in total. The number of rotatable bonds is 4. The molecule has 0 radical (unpaired) electrons. The van der Waals surface area contributed by atoms with Gasteiger partial charge in [-0.05, 0) is 42.3 Å². The van der Waals surface area contributed by atoms with Crippen molar-refractivity contribution in [2.45, 2.75) is 19.5 Å². The summed E-state index contributed by atoms with van der Waals surface area (Å²) in [7, 11) is 2.04. The highest BCUT2D eigenvalue weighted by molar-refractivity contribution is 5.48. The Bertz CT molecular complexity index is 609. The summed E-state index contributed by atoms with van der Waals surface area (Å²) in [5.74, 6) is 0. The van der Waals surface area contributed by atoms with E-state index in [1.54, 1.807) is 0 Å². The maximum atomic E-state index is 8.92. The first-order valence-electron chi connectivity index (χ1n) is 6.66. The van der Waals surface area contributed by atoms with Crippen LogP contribution in [0.1, 0.15) is 29.7 Å². The first kappa shape index (κ1) is 14.1. The van der Waals surface area contributed by atoms with Crippen LogP contribution in [0.5, 0.6) is 0 Å². The number of nitrogens with zero attached hydrogens (tertiary/aromatic N) is 2. The van der Waals surface area contributed by atoms with Gasteiger partial charge in [0.15, 0.2) is 0 Å². The first-order valence-corrected chi connectivity index (χ1v) is 6.66. The van der Waals surface area contributed by atoms with Crippen molar-refractivity contribution < 1.29 is 0 Å². The summed E-state index contributed by atoms with van der Waals surface area (Å²) in [6, 6.07) is 18.2. The second-order valence-electron chi connectivity index (χ2n) is 5.05. The molecule has 0 aliphatic carbocycles. The Labute approximate surface area is 120 Å². The van der Waals surface area contributed by atoms with Crippen LogP contribution in [-0.4, -0.2) is 7.05 Å². The van der Waals surface area contributed by atoms with Crippen LogP contribution in [0.4, 0.5) is 5.69 Å². The third-order valence-corrected chi connectivity index (χ3v) is 3.34.